The SMILES string of the molecule is CSC1(CNc2nc3ccccc3cc2C)CCCC1. The first-order valence-corrected chi connectivity index (χ1v) is 8.60. The summed E-state index contributed by atoms with van der Waals surface area (Å²) in [6.45, 7) is 3.17. The van der Waals surface area contributed by atoms with Crippen molar-refractivity contribution in [1.82, 2.24) is 4.98 Å². The van der Waals surface area contributed by atoms with Crippen LogP contribution in [0.1, 0.15) is 31.2 Å². The lowest BCUT2D eigenvalue weighted by molar-refractivity contribution is 0.638. The van der Waals surface area contributed by atoms with Gasteiger partial charge in [-0.05, 0) is 43.7 Å². The summed E-state index contributed by atoms with van der Waals surface area (Å²) in [6.07, 6.45) is 7.63. The molecule has 20 heavy (non-hydrogen) atoms. The number of thioether (sulfide) groups is 1. The minimum absolute atomic E-state index is 0.416. The standard InChI is InChI=1S/C17H22N2S/c1-13-11-14-7-3-4-8-15(14)19-16(13)18-12-17(20-2)9-5-6-10-17/h3-4,7-8,11H,5-6,9-10,12H2,1-2H3,(H,18,19). The lowest BCUT2D eigenvalue weighted by atomic mass is 10.1. The van der Waals surface area contributed by atoms with Crippen molar-refractivity contribution >= 4 is 28.5 Å². The first kappa shape index (κ1) is 13.7. The average Bonchev–Trinajstić information content (AvgIpc) is 2.94. The largest absolute Gasteiger partial charge is 0.368 e. The van der Waals surface area contributed by atoms with Gasteiger partial charge in [0.15, 0.2) is 0 Å². The van der Waals surface area contributed by atoms with E-state index in [-0.39, 0.29) is 0 Å². The van der Waals surface area contributed by atoms with Gasteiger partial charge in [0, 0.05) is 16.7 Å². The molecule has 3 heteroatoms. The molecule has 106 valence electrons. The fourth-order valence-corrected chi connectivity index (χ4v) is 4.03. The minimum atomic E-state index is 0.416. The second-order valence-electron chi connectivity index (χ2n) is 5.79. The Bertz CT molecular complexity index is 603. The number of aromatic nitrogens is 1. The third-order valence-electron chi connectivity index (χ3n) is 4.44. The van der Waals surface area contributed by atoms with Crippen molar-refractivity contribution in [2.45, 2.75) is 37.4 Å². The van der Waals surface area contributed by atoms with Gasteiger partial charge in [-0.2, -0.15) is 11.8 Å². The van der Waals surface area contributed by atoms with Crippen LogP contribution in [0.4, 0.5) is 5.82 Å². The quantitative estimate of drug-likeness (QED) is 0.887. The summed E-state index contributed by atoms with van der Waals surface area (Å²) in [6, 6.07) is 10.6. The van der Waals surface area contributed by atoms with Crippen molar-refractivity contribution in [2.24, 2.45) is 0 Å². The monoisotopic (exact) mass is 286 g/mol. The molecule has 0 unspecified atom stereocenters. The Morgan fingerprint density at radius 3 is 2.75 bits per heavy atom. The zero-order valence-corrected chi connectivity index (χ0v) is 13.1. The topological polar surface area (TPSA) is 24.9 Å². The van der Waals surface area contributed by atoms with Gasteiger partial charge in [-0.15, -0.1) is 0 Å². The van der Waals surface area contributed by atoms with Crippen LogP contribution >= 0.6 is 11.8 Å². The maximum absolute atomic E-state index is 4.78. The van der Waals surface area contributed by atoms with E-state index in [4.69, 9.17) is 4.98 Å². The highest BCUT2D eigenvalue weighted by Crippen LogP contribution is 2.40. The lowest BCUT2D eigenvalue weighted by Crippen LogP contribution is -2.30. The molecular formula is C17H22N2S. The maximum Gasteiger partial charge on any atom is 0.129 e. The lowest BCUT2D eigenvalue weighted by Gasteiger charge is -2.27. The number of nitrogens with one attached hydrogen (secondary N) is 1. The molecule has 0 bridgehead atoms. The van der Waals surface area contributed by atoms with Crippen LogP contribution in [0.3, 0.4) is 0 Å². The van der Waals surface area contributed by atoms with Crippen LogP contribution in [0.5, 0.6) is 0 Å². The van der Waals surface area contributed by atoms with E-state index in [2.05, 4.69) is 48.8 Å². The number of hydrogen-bond acceptors (Lipinski definition) is 3. The Morgan fingerprint density at radius 1 is 1.25 bits per heavy atom. The maximum atomic E-state index is 4.78. The van der Waals surface area contributed by atoms with Gasteiger partial charge in [0.1, 0.15) is 5.82 Å². The van der Waals surface area contributed by atoms with E-state index in [9.17, 15) is 0 Å². The highest BCUT2D eigenvalue weighted by molar-refractivity contribution is 8.00. The average molecular weight is 286 g/mol. The summed E-state index contributed by atoms with van der Waals surface area (Å²) < 4.78 is 0.416. The predicted molar refractivity (Wildman–Crippen MR) is 89.7 cm³/mol. The van der Waals surface area contributed by atoms with Crippen molar-refractivity contribution in [1.29, 1.82) is 0 Å². The first-order valence-electron chi connectivity index (χ1n) is 7.38. The van der Waals surface area contributed by atoms with Crippen molar-refractivity contribution in [2.75, 3.05) is 18.1 Å². The van der Waals surface area contributed by atoms with Crippen molar-refractivity contribution in [3.8, 4) is 0 Å². The molecule has 0 atom stereocenters. The molecule has 0 aliphatic heterocycles. The van der Waals surface area contributed by atoms with E-state index in [0.29, 0.717) is 4.75 Å². The molecule has 1 heterocycles. The second kappa shape index (κ2) is 5.65. The molecule has 0 saturated heterocycles. The van der Waals surface area contributed by atoms with Gasteiger partial charge in [0.2, 0.25) is 0 Å². The predicted octanol–water partition coefficient (Wildman–Crippen LogP) is 4.63. The van der Waals surface area contributed by atoms with Gasteiger partial charge in [-0.25, -0.2) is 4.98 Å². The number of hydrogen-bond donors (Lipinski definition) is 1. The third kappa shape index (κ3) is 2.64. The van der Waals surface area contributed by atoms with Gasteiger partial charge in [-0.3, -0.25) is 0 Å². The number of aryl methyl sites for hydroxylation is 1. The number of pyridine rings is 1. The van der Waals surface area contributed by atoms with Crippen LogP contribution in [0.15, 0.2) is 30.3 Å². The molecule has 1 aliphatic carbocycles. The molecule has 2 aromatic rings. The number of para-hydroxylation sites is 1. The van der Waals surface area contributed by atoms with E-state index in [1.807, 2.05) is 11.8 Å². The van der Waals surface area contributed by atoms with Crippen LogP contribution in [0, 0.1) is 6.92 Å². The molecular weight excluding hydrogens is 264 g/mol. The van der Waals surface area contributed by atoms with Gasteiger partial charge < -0.3 is 5.32 Å². The minimum Gasteiger partial charge on any atom is -0.368 e. The van der Waals surface area contributed by atoms with Crippen molar-refractivity contribution < 1.29 is 0 Å². The molecule has 1 aromatic carbocycles. The Kier molecular flexibility index (Phi) is 3.88. The molecule has 0 radical (unpaired) electrons. The summed E-state index contributed by atoms with van der Waals surface area (Å²) in [4.78, 5) is 4.78. The number of fused-ring (bicyclic) bond motifs is 1. The second-order valence-corrected chi connectivity index (χ2v) is 7.07. The molecule has 1 saturated carbocycles. The Balaban J connectivity index is 1.81. The number of rotatable bonds is 4. The van der Waals surface area contributed by atoms with Crippen LogP contribution in [-0.2, 0) is 0 Å². The third-order valence-corrected chi connectivity index (χ3v) is 5.86. The summed E-state index contributed by atoms with van der Waals surface area (Å²) in [5, 5.41) is 4.83. The van der Waals surface area contributed by atoms with Crippen LogP contribution in [0.2, 0.25) is 0 Å². The number of nitrogens with zero attached hydrogens (tertiary/aromatic N) is 1. The first-order chi connectivity index (χ1) is 9.72. The van der Waals surface area contributed by atoms with E-state index < -0.39 is 0 Å². The molecule has 2 nitrogen and oxygen atoms in total. The Labute approximate surface area is 125 Å². The summed E-state index contributed by atoms with van der Waals surface area (Å²) in [5.41, 5.74) is 2.31. The zero-order chi connectivity index (χ0) is 14.0. The van der Waals surface area contributed by atoms with E-state index in [1.54, 1.807) is 0 Å². The van der Waals surface area contributed by atoms with E-state index in [0.717, 1.165) is 17.9 Å². The van der Waals surface area contributed by atoms with Gasteiger partial charge in [0.05, 0.1) is 5.52 Å². The normalized spacial score (nSPS) is 17.5. The number of anilines is 1. The summed E-state index contributed by atoms with van der Waals surface area (Å²) in [5.74, 6) is 1.05. The molecule has 1 N–H and O–H groups in total. The highest BCUT2D eigenvalue weighted by Gasteiger charge is 2.32. The zero-order valence-electron chi connectivity index (χ0n) is 12.3. The van der Waals surface area contributed by atoms with E-state index >= 15 is 0 Å². The fourth-order valence-electron chi connectivity index (χ4n) is 3.12. The van der Waals surface area contributed by atoms with Gasteiger partial charge >= 0.3 is 0 Å². The Morgan fingerprint density at radius 2 is 2.00 bits per heavy atom. The van der Waals surface area contributed by atoms with Crippen molar-refractivity contribution in [3.05, 3.63) is 35.9 Å². The highest BCUT2D eigenvalue weighted by atomic mass is 32.2. The van der Waals surface area contributed by atoms with Gasteiger partial charge in [-0.1, -0.05) is 31.0 Å². The summed E-state index contributed by atoms with van der Waals surface area (Å²) >= 11 is 2.02. The van der Waals surface area contributed by atoms with E-state index in [1.165, 1.54) is 36.6 Å². The summed E-state index contributed by atoms with van der Waals surface area (Å²) in [7, 11) is 0. The van der Waals surface area contributed by atoms with Crippen LogP contribution < -0.4 is 5.32 Å². The number of benzene rings is 1. The molecule has 1 aromatic heterocycles. The molecule has 1 aliphatic rings. The van der Waals surface area contributed by atoms with Crippen LogP contribution in [0.25, 0.3) is 10.9 Å². The Hall–Kier alpha value is -1.22. The molecule has 0 amide bonds. The smallest absolute Gasteiger partial charge is 0.129 e. The van der Waals surface area contributed by atoms with Crippen molar-refractivity contribution in [3.63, 3.8) is 0 Å². The molecule has 0 spiro atoms. The molecule has 1 fully saturated rings. The fraction of sp³-hybridized carbons (Fsp3) is 0.471. The van der Waals surface area contributed by atoms with Crippen LogP contribution in [-0.4, -0.2) is 22.5 Å². The van der Waals surface area contributed by atoms with Gasteiger partial charge in [0.25, 0.3) is 0 Å². The molecule has 3 rings (SSSR count).